The fourth-order valence-electron chi connectivity index (χ4n) is 2.06. The maximum absolute atomic E-state index is 12.1. The van der Waals surface area contributed by atoms with Crippen molar-refractivity contribution in [3.8, 4) is 0 Å². The van der Waals surface area contributed by atoms with E-state index in [1.54, 1.807) is 4.90 Å². The van der Waals surface area contributed by atoms with Crippen LogP contribution in [0, 0.1) is 0 Å². The lowest BCUT2D eigenvalue weighted by Crippen LogP contribution is -2.49. The van der Waals surface area contributed by atoms with Gasteiger partial charge >= 0.3 is 0 Å². The molecule has 8 heteroatoms. The summed E-state index contributed by atoms with van der Waals surface area (Å²) in [6.45, 7) is 2.52. The van der Waals surface area contributed by atoms with Gasteiger partial charge in [0, 0.05) is 26.1 Å². The zero-order chi connectivity index (χ0) is 13.1. The molecule has 0 aliphatic carbocycles. The van der Waals surface area contributed by atoms with Crippen LogP contribution in [-0.4, -0.2) is 46.2 Å². The number of rotatable bonds is 2. The van der Waals surface area contributed by atoms with E-state index in [4.69, 9.17) is 5.73 Å². The van der Waals surface area contributed by atoms with Gasteiger partial charge in [0.05, 0.1) is 0 Å². The van der Waals surface area contributed by atoms with Crippen molar-refractivity contribution in [2.45, 2.75) is 25.8 Å². The number of nitrogens with one attached hydrogen (secondary N) is 1. The molecule has 0 spiro atoms. The molecule has 8 nitrogen and oxygen atoms in total. The summed E-state index contributed by atoms with van der Waals surface area (Å²) < 4.78 is 4.41. The SMILES string of the molecule is CC(=O)NC1CCCN(C(=O)c2nonc2N)C1. The van der Waals surface area contributed by atoms with Crippen LogP contribution in [0.3, 0.4) is 0 Å². The van der Waals surface area contributed by atoms with Gasteiger partial charge in [0.15, 0.2) is 0 Å². The Hall–Kier alpha value is -2.12. The zero-order valence-electron chi connectivity index (χ0n) is 10.0. The number of anilines is 1. The summed E-state index contributed by atoms with van der Waals surface area (Å²) in [6, 6.07) is -0.0266. The minimum atomic E-state index is -0.316. The standard InChI is InChI=1S/C10H15N5O3/c1-6(16)12-7-3-2-4-15(5-7)10(17)8-9(11)14-18-13-8/h7H,2-5H2,1H3,(H2,11,14)(H,12,16). The molecule has 3 N–H and O–H groups in total. The first-order valence-corrected chi connectivity index (χ1v) is 5.72. The molecule has 18 heavy (non-hydrogen) atoms. The van der Waals surface area contributed by atoms with Gasteiger partial charge in [-0.2, -0.15) is 0 Å². The highest BCUT2D eigenvalue weighted by molar-refractivity contribution is 5.96. The third kappa shape index (κ3) is 2.58. The number of hydrogen-bond acceptors (Lipinski definition) is 6. The van der Waals surface area contributed by atoms with E-state index in [0.717, 1.165) is 12.8 Å². The van der Waals surface area contributed by atoms with Crippen molar-refractivity contribution in [3.05, 3.63) is 5.69 Å². The van der Waals surface area contributed by atoms with Crippen LogP contribution in [0.15, 0.2) is 4.63 Å². The molecule has 2 amide bonds. The normalized spacial score (nSPS) is 19.6. The fraction of sp³-hybridized carbons (Fsp3) is 0.600. The first kappa shape index (κ1) is 12.3. The van der Waals surface area contributed by atoms with Crippen LogP contribution in [0.5, 0.6) is 0 Å². The molecular weight excluding hydrogens is 238 g/mol. The Bertz CT molecular complexity index is 458. The predicted molar refractivity (Wildman–Crippen MR) is 61.5 cm³/mol. The molecule has 1 aliphatic rings. The van der Waals surface area contributed by atoms with Gasteiger partial charge in [-0.05, 0) is 23.2 Å². The smallest absolute Gasteiger partial charge is 0.280 e. The second kappa shape index (κ2) is 5.03. The van der Waals surface area contributed by atoms with Crippen LogP contribution in [0.1, 0.15) is 30.3 Å². The van der Waals surface area contributed by atoms with Crippen LogP contribution in [0.4, 0.5) is 5.82 Å². The summed E-state index contributed by atoms with van der Waals surface area (Å²) in [4.78, 5) is 24.7. The van der Waals surface area contributed by atoms with Gasteiger partial charge in [0.1, 0.15) is 0 Å². The van der Waals surface area contributed by atoms with E-state index >= 15 is 0 Å². The molecule has 1 aromatic heterocycles. The van der Waals surface area contributed by atoms with Gasteiger partial charge in [-0.15, -0.1) is 0 Å². The van der Waals surface area contributed by atoms with Crippen LogP contribution in [0.25, 0.3) is 0 Å². The lowest BCUT2D eigenvalue weighted by molar-refractivity contribution is -0.120. The second-order valence-electron chi connectivity index (χ2n) is 4.29. The van der Waals surface area contributed by atoms with E-state index in [-0.39, 0.29) is 29.4 Å². The Morgan fingerprint density at radius 2 is 2.28 bits per heavy atom. The first-order valence-electron chi connectivity index (χ1n) is 5.72. The van der Waals surface area contributed by atoms with E-state index < -0.39 is 0 Å². The molecule has 0 aromatic carbocycles. The molecule has 2 heterocycles. The number of nitrogen functional groups attached to an aromatic ring is 1. The molecule has 2 rings (SSSR count). The summed E-state index contributed by atoms with van der Waals surface area (Å²) in [5, 5.41) is 9.66. The van der Waals surface area contributed by atoms with Gasteiger partial charge in [-0.3, -0.25) is 9.59 Å². The molecule has 1 saturated heterocycles. The minimum Gasteiger partial charge on any atom is -0.379 e. The number of nitrogens with two attached hydrogens (primary N) is 1. The second-order valence-corrected chi connectivity index (χ2v) is 4.29. The van der Waals surface area contributed by atoms with Crippen molar-refractivity contribution in [3.63, 3.8) is 0 Å². The van der Waals surface area contributed by atoms with Crippen LogP contribution in [0.2, 0.25) is 0 Å². The Morgan fingerprint density at radius 3 is 2.89 bits per heavy atom. The van der Waals surface area contributed by atoms with E-state index in [1.165, 1.54) is 6.92 Å². The van der Waals surface area contributed by atoms with Crippen molar-refractivity contribution in [1.82, 2.24) is 20.5 Å². The number of carbonyl (C=O) groups is 2. The van der Waals surface area contributed by atoms with Gasteiger partial charge in [-0.25, -0.2) is 4.63 Å². The molecule has 0 radical (unpaired) electrons. The Kier molecular flexibility index (Phi) is 3.45. The van der Waals surface area contributed by atoms with Crippen molar-refractivity contribution in [1.29, 1.82) is 0 Å². The highest BCUT2D eigenvalue weighted by Gasteiger charge is 2.28. The average Bonchev–Trinajstić information content (AvgIpc) is 2.74. The minimum absolute atomic E-state index is 0.0124. The van der Waals surface area contributed by atoms with E-state index in [2.05, 4.69) is 20.3 Å². The zero-order valence-corrected chi connectivity index (χ0v) is 10.0. The monoisotopic (exact) mass is 253 g/mol. The van der Waals surface area contributed by atoms with Gasteiger partial charge in [0.2, 0.25) is 17.4 Å². The summed E-state index contributed by atoms with van der Waals surface area (Å²) in [5.74, 6) is -0.428. The highest BCUT2D eigenvalue weighted by atomic mass is 16.6. The molecular formula is C10H15N5O3. The van der Waals surface area contributed by atoms with Crippen LogP contribution >= 0.6 is 0 Å². The summed E-state index contributed by atoms with van der Waals surface area (Å²) in [7, 11) is 0. The van der Waals surface area contributed by atoms with E-state index in [9.17, 15) is 9.59 Å². The van der Waals surface area contributed by atoms with Crippen molar-refractivity contribution < 1.29 is 14.2 Å². The average molecular weight is 253 g/mol. The Morgan fingerprint density at radius 1 is 1.50 bits per heavy atom. The fourth-order valence-corrected chi connectivity index (χ4v) is 2.06. The van der Waals surface area contributed by atoms with Gasteiger partial charge in [0.25, 0.3) is 5.91 Å². The number of hydrogen-bond donors (Lipinski definition) is 2. The summed E-state index contributed by atoms with van der Waals surface area (Å²) in [5.41, 5.74) is 5.51. The Labute approximate surface area is 103 Å². The maximum atomic E-state index is 12.1. The number of likely N-dealkylation sites (tertiary alicyclic amines) is 1. The Balaban J connectivity index is 2.03. The van der Waals surface area contributed by atoms with E-state index in [0.29, 0.717) is 13.1 Å². The highest BCUT2D eigenvalue weighted by Crippen LogP contribution is 2.15. The van der Waals surface area contributed by atoms with Gasteiger partial charge < -0.3 is 16.0 Å². The quantitative estimate of drug-likeness (QED) is 0.726. The van der Waals surface area contributed by atoms with Crippen LogP contribution in [-0.2, 0) is 4.79 Å². The third-order valence-corrected chi connectivity index (χ3v) is 2.83. The number of nitrogens with zero attached hydrogens (tertiary/aromatic N) is 3. The molecule has 1 fully saturated rings. The molecule has 1 unspecified atom stereocenters. The first-order chi connectivity index (χ1) is 8.58. The molecule has 98 valence electrons. The molecule has 1 aliphatic heterocycles. The maximum Gasteiger partial charge on any atom is 0.280 e. The number of piperidine rings is 1. The summed E-state index contributed by atoms with van der Waals surface area (Å²) in [6.07, 6.45) is 1.68. The van der Waals surface area contributed by atoms with Crippen molar-refractivity contribution in [2.24, 2.45) is 0 Å². The van der Waals surface area contributed by atoms with Crippen molar-refractivity contribution in [2.75, 3.05) is 18.8 Å². The molecule has 1 aromatic rings. The lowest BCUT2D eigenvalue weighted by atomic mass is 10.1. The lowest BCUT2D eigenvalue weighted by Gasteiger charge is -2.32. The number of aromatic nitrogens is 2. The van der Waals surface area contributed by atoms with E-state index in [1.807, 2.05) is 0 Å². The molecule has 0 saturated carbocycles. The van der Waals surface area contributed by atoms with Crippen LogP contribution < -0.4 is 11.1 Å². The predicted octanol–water partition coefficient (Wildman–Crippen LogP) is -0.607. The van der Waals surface area contributed by atoms with Crippen molar-refractivity contribution >= 4 is 17.6 Å². The molecule has 1 atom stereocenters. The summed E-state index contributed by atoms with van der Waals surface area (Å²) >= 11 is 0. The topological polar surface area (TPSA) is 114 Å². The number of amides is 2. The third-order valence-electron chi connectivity index (χ3n) is 2.83. The van der Waals surface area contributed by atoms with Gasteiger partial charge in [-0.1, -0.05) is 0 Å². The largest absolute Gasteiger partial charge is 0.379 e. The molecule has 0 bridgehead atoms. The number of carbonyl (C=O) groups excluding carboxylic acids is 2.